The maximum Gasteiger partial charge on any atom is 0.306 e. The first-order chi connectivity index (χ1) is 12.7. The lowest BCUT2D eigenvalue weighted by Crippen LogP contribution is -2.08. The van der Waals surface area contributed by atoms with Crippen LogP contribution in [0.5, 0.6) is 0 Å². The Kier molecular flexibility index (Phi) is 5.85. The molecule has 2 nitrogen and oxygen atoms in total. The van der Waals surface area contributed by atoms with Crippen molar-refractivity contribution in [3.63, 3.8) is 0 Å². The number of hydrogen-bond acceptors (Lipinski definition) is 2. The summed E-state index contributed by atoms with van der Waals surface area (Å²) in [6.45, 7) is 3.89. The lowest BCUT2D eigenvalue weighted by molar-refractivity contribution is -0.148. The van der Waals surface area contributed by atoms with E-state index in [1.165, 1.54) is 16.7 Å². The normalized spacial score (nSPS) is 11.8. The molecule has 0 spiro atoms. The Labute approximate surface area is 155 Å². The van der Waals surface area contributed by atoms with E-state index in [0.717, 1.165) is 17.5 Å². The predicted molar refractivity (Wildman–Crippen MR) is 107 cm³/mol. The summed E-state index contributed by atoms with van der Waals surface area (Å²) in [6.07, 6.45) is 1.04. The highest BCUT2D eigenvalue weighted by Gasteiger charge is 2.12. The molecule has 3 aromatic rings. The van der Waals surface area contributed by atoms with Crippen molar-refractivity contribution in [2.75, 3.05) is 0 Å². The Hall–Kier alpha value is -2.87. The number of carbonyl (C=O) groups is 1. The van der Waals surface area contributed by atoms with E-state index in [1.807, 2.05) is 32.0 Å². The van der Waals surface area contributed by atoms with Crippen molar-refractivity contribution in [2.24, 2.45) is 0 Å². The number of esters is 1. The molecule has 0 aliphatic rings. The number of ether oxygens (including phenoxy) is 1. The molecule has 0 radical (unpaired) electrons. The van der Waals surface area contributed by atoms with Crippen LogP contribution in [-0.2, 0) is 9.53 Å². The number of rotatable bonds is 6. The summed E-state index contributed by atoms with van der Waals surface area (Å²) in [7, 11) is 0. The van der Waals surface area contributed by atoms with Crippen LogP contribution in [0.3, 0.4) is 0 Å². The van der Waals surface area contributed by atoms with E-state index in [-0.39, 0.29) is 12.1 Å². The zero-order chi connectivity index (χ0) is 18.4. The summed E-state index contributed by atoms with van der Waals surface area (Å²) in [5.41, 5.74) is 5.77. The van der Waals surface area contributed by atoms with Gasteiger partial charge in [0.15, 0.2) is 0 Å². The fourth-order valence-corrected chi connectivity index (χ4v) is 3.07. The second kappa shape index (κ2) is 8.48. The summed E-state index contributed by atoms with van der Waals surface area (Å²) in [5, 5.41) is 0. The highest BCUT2D eigenvalue weighted by Crippen LogP contribution is 2.32. The second-order valence-corrected chi connectivity index (χ2v) is 6.42. The van der Waals surface area contributed by atoms with Gasteiger partial charge < -0.3 is 4.74 Å². The third-order valence-electron chi connectivity index (χ3n) is 4.47. The van der Waals surface area contributed by atoms with Gasteiger partial charge >= 0.3 is 5.97 Å². The predicted octanol–water partition coefficient (Wildman–Crippen LogP) is 6.42. The van der Waals surface area contributed by atoms with Gasteiger partial charge in [-0.15, -0.1) is 0 Å². The van der Waals surface area contributed by atoms with Crippen molar-refractivity contribution in [3.05, 3.63) is 84.4 Å². The van der Waals surface area contributed by atoms with Crippen LogP contribution in [0.15, 0.2) is 78.9 Å². The molecular weight excluding hydrogens is 320 g/mol. The molecule has 0 aromatic heterocycles. The molecule has 0 heterocycles. The van der Waals surface area contributed by atoms with Crippen LogP contribution in [0.25, 0.3) is 22.3 Å². The molecule has 2 heteroatoms. The van der Waals surface area contributed by atoms with Gasteiger partial charge in [-0.1, -0.05) is 85.8 Å². The molecule has 1 atom stereocenters. The van der Waals surface area contributed by atoms with E-state index >= 15 is 0 Å². The van der Waals surface area contributed by atoms with E-state index in [4.69, 9.17) is 4.74 Å². The Bertz CT molecular complexity index is 851. The quantitative estimate of drug-likeness (QED) is 0.482. The topological polar surface area (TPSA) is 26.3 Å². The summed E-state index contributed by atoms with van der Waals surface area (Å²) in [4.78, 5) is 11.7. The number of benzene rings is 3. The van der Waals surface area contributed by atoms with E-state index in [2.05, 4.69) is 60.7 Å². The van der Waals surface area contributed by atoms with Gasteiger partial charge in [0.05, 0.1) is 0 Å². The summed E-state index contributed by atoms with van der Waals surface area (Å²) in [6, 6.07) is 27.1. The molecule has 0 aliphatic heterocycles. The first kappa shape index (κ1) is 17.9. The summed E-state index contributed by atoms with van der Waals surface area (Å²) in [5.74, 6) is -0.140. The lowest BCUT2D eigenvalue weighted by Gasteiger charge is -2.15. The molecule has 0 saturated heterocycles. The van der Waals surface area contributed by atoms with Crippen LogP contribution >= 0.6 is 0 Å². The Morgan fingerprint density at radius 2 is 1.35 bits per heavy atom. The molecule has 3 rings (SSSR count). The smallest absolute Gasteiger partial charge is 0.306 e. The van der Waals surface area contributed by atoms with Gasteiger partial charge in [0.25, 0.3) is 0 Å². The third kappa shape index (κ3) is 4.20. The van der Waals surface area contributed by atoms with Crippen molar-refractivity contribution in [1.29, 1.82) is 0 Å². The molecule has 0 aliphatic carbocycles. The van der Waals surface area contributed by atoms with Crippen molar-refractivity contribution in [3.8, 4) is 22.3 Å². The maximum atomic E-state index is 11.7. The Morgan fingerprint density at radius 3 is 1.92 bits per heavy atom. The van der Waals surface area contributed by atoms with E-state index in [1.54, 1.807) is 0 Å². The molecule has 26 heavy (non-hydrogen) atoms. The minimum Gasteiger partial charge on any atom is -0.458 e. The molecule has 132 valence electrons. The zero-order valence-corrected chi connectivity index (χ0v) is 15.3. The first-order valence-electron chi connectivity index (χ1n) is 9.13. The SMILES string of the molecule is CCCC(=O)OC(C)c1ccc(-c2ccccc2-c2ccccc2)cc1. The van der Waals surface area contributed by atoms with Gasteiger partial charge in [0.1, 0.15) is 6.10 Å². The van der Waals surface area contributed by atoms with Crippen LogP contribution in [0, 0.1) is 0 Å². The highest BCUT2D eigenvalue weighted by molar-refractivity contribution is 5.83. The van der Waals surface area contributed by atoms with Gasteiger partial charge in [-0.05, 0) is 41.2 Å². The van der Waals surface area contributed by atoms with Gasteiger partial charge in [-0.25, -0.2) is 0 Å². The van der Waals surface area contributed by atoms with E-state index in [9.17, 15) is 4.79 Å². The summed E-state index contributed by atoms with van der Waals surface area (Å²) < 4.78 is 5.48. The molecule has 0 amide bonds. The largest absolute Gasteiger partial charge is 0.458 e. The lowest BCUT2D eigenvalue weighted by atomic mass is 9.94. The van der Waals surface area contributed by atoms with E-state index < -0.39 is 0 Å². The van der Waals surface area contributed by atoms with Crippen LogP contribution < -0.4 is 0 Å². The molecular formula is C24H24O2. The maximum absolute atomic E-state index is 11.7. The molecule has 0 bridgehead atoms. The molecule has 0 fully saturated rings. The molecule has 0 saturated carbocycles. The molecule has 3 aromatic carbocycles. The zero-order valence-electron chi connectivity index (χ0n) is 15.3. The fourth-order valence-electron chi connectivity index (χ4n) is 3.07. The van der Waals surface area contributed by atoms with Crippen molar-refractivity contribution < 1.29 is 9.53 Å². The molecule has 0 N–H and O–H groups in total. The van der Waals surface area contributed by atoms with Gasteiger partial charge in [-0.2, -0.15) is 0 Å². The Morgan fingerprint density at radius 1 is 0.808 bits per heavy atom. The minimum atomic E-state index is -0.229. The first-order valence-corrected chi connectivity index (χ1v) is 9.13. The average molecular weight is 344 g/mol. The second-order valence-electron chi connectivity index (χ2n) is 6.42. The average Bonchev–Trinajstić information content (AvgIpc) is 2.69. The van der Waals surface area contributed by atoms with Crippen LogP contribution in [0.1, 0.15) is 38.4 Å². The Balaban J connectivity index is 1.85. The third-order valence-corrected chi connectivity index (χ3v) is 4.47. The van der Waals surface area contributed by atoms with E-state index in [0.29, 0.717) is 6.42 Å². The van der Waals surface area contributed by atoms with Crippen LogP contribution in [0.4, 0.5) is 0 Å². The number of hydrogen-bond donors (Lipinski definition) is 0. The van der Waals surface area contributed by atoms with Crippen LogP contribution in [-0.4, -0.2) is 5.97 Å². The fraction of sp³-hybridized carbons (Fsp3) is 0.208. The van der Waals surface area contributed by atoms with Gasteiger partial charge in [0.2, 0.25) is 0 Å². The summed E-state index contributed by atoms with van der Waals surface area (Å²) >= 11 is 0. The number of carbonyl (C=O) groups excluding carboxylic acids is 1. The van der Waals surface area contributed by atoms with Gasteiger partial charge in [0, 0.05) is 6.42 Å². The van der Waals surface area contributed by atoms with Gasteiger partial charge in [-0.3, -0.25) is 4.79 Å². The van der Waals surface area contributed by atoms with Crippen molar-refractivity contribution in [2.45, 2.75) is 32.8 Å². The highest BCUT2D eigenvalue weighted by atomic mass is 16.5. The standard InChI is InChI=1S/C24H24O2/c1-3-9-24(25)26-18(2)19-14-16-21(17-15-19)23-13-8-7-12-22(23)20-10-5-4-6-11-20/h4-8,10-18H,3,9H2,1-2H3. The monoisotopic (exact) mass is 344 g/mol. The van der Waals surface area contributed by atoms with Crippen molar-refractivity contribution >= 4 is 5.97 Å². The van der Waals surface area contributed by atoms with Crippen molar-refractivity contribution in [1.82, 2.24) is 0 Å². The minimum absolute atomic E-state index is 0.140. The van der Waals surface area contributed by atoms with Crippen LogP contribution in [0.2, 0.25) is 0 Å². The molecule has 1 unspecified atom stereocenters.